The molecule has 0 spiro atoms. The van der Waals surface area contributed by atoms with Crippen LogP contribution in [0, 0.1) is 123 Å². The Balaban J connectivity index is 0.000000215. The van der Waals surface area contributed by atoms with Crippen LogP contribution in [0.2, 0.25) is 0 Å². The number of ether oxygens (including phenoxy) is 3. The smallest absolute Gasteiger partial charge is 0.432 e. The number of phenols is 1. The van der Waals surface area contributed by atoms with Crippen LogP contribution in [-0.4, -0.2) is 46.1 Å². The first-order chi connectivity index (χ1) is 48.7. The molecule has 6 fully saturated rings. The SMILES string of the molecule is CCCC1CCC(CCC2CCC(=O)CC2)CC1.CCCC1CCC(CCC2CCC(F)(C(F)(F)Oc3cc(F)c(F)c(F)c3)CC2)CC1.CCCC1CCC(CCC2CCC(O)(C(F)(F)Oc3cc(F)c(F)c(F)c3)CC2)CC1.Fc1cc(OC(F)F)cc(F)c1F.Oc1cc(F)c(F)c(F)c1. The monoisotopic (exact) mass is 1490 g/mol. The van der Waals surface area contributed by atoms with Gasteiger partial charge in [0.25, 0.3) is 0 Å². The Kier molecular flexibility index (Phi) is 34.3. The Morgan fingerprint density at radius 2 is 0.621 bits per heavy atom. The molecule has 4 aromatic carbocycles. The molecular formula is C78H101F19O6. The van der Waals surface area contributed by atoms with E-state index in [0.29, 0.717) is 91.8 Å². The van der Waals surface area contributed by atoms with Crippen molar-refractivity contribution in [1.29, 1.82) is 0 Å². The normalized spacial score (nSPS) is 25.5. The van der Waals surface area contributed by atoms with E-state index < -0.39 is 123 Å². The molecular weight excluding hydrogens is 1390 g/mol. The number of rotatable bonds is 23. The van der Waals surface area contributed by atoms with Crippen LogP contribution < -0.4 is 14.2 Å². The topological polar surface area (TPSA) is 85.2 Å². The summed E-state index contributed by atoms with van der Waals surface area (Å²) in [4.78, 5) is 11.2. The molecule has 6 saturated carbocycles. The van der Waals surface area contributed by atoms with Gasteiger partial charge in [-0.15, -0.1) is 0 Å². The lowest BCUT2D eigenvalue weighted by atomic mass is 9.73. The Morgan fingerprint density at radius 3 is 0.913 bits per heavy atom. The van der Waals surface area contributed by atoms with Crippen molar-refractivity contribution in [3.05, 3.63) is 118 Å². The van der Waals surface area contributed by atoms with E-state index in [2.05, 4.69) is 35.0 Å². The summed E-state index contributed by atoms with van der Waals surface area (Å²) < 4.78 is 261. The summed E-state index contributed by atoms with van der Waals surface area (Å²) in [6.07, 6.45) is 27.1. The first-order valence-corrected chi connectivity index (χ1v) is 36.9. The van der Waals surface area contributed by atoms with E-state index >= 15 is 4.39 Å². The molecule has 0 heterocycles. The lowest BCUT2D eigenvalue weighted by molar-refractivity contribution is -0.299. The summed E-state index contributed by atoms with van der Waals surface area (Å²) in [6.45, 7) is 3.55. The molecule has 4 aromatic rings. The van der Waals surface area contributed by atoms with Gasteiger partial charge in [0.1, 0.15) is 28.8 Å². The number of hydrogen-bond acceptors (Lipinski definition) is 6. The maximum absolute atomic E-state index is 15.1. The van der Waals surface area contributed by atoms with Crippen LogP contribution in [0.15, 0.2) is 48.5 Å². The van der Waals surface area contributed by atoms with Crippen molar-refractivity contribution in [2.75, 3.05) is 0 Å². The third-order valence-corrected chi connectivity index (χ3v) is 22.1. The molecule has 2 N–H and O–H groups in total. The molecule has 6 aliphatic rings. The fourth-order valence-corrected chi connectivity index (χ4v) is 15.7. The number of carbonyl (C=O) groups excluding carboxylic acids is 1. The van der Waals surface area contributed by atoms with Gasteiger partial charge in [0.15, 0.2) is 75.4 Å². The zero-order valence-corrected chi connectivity index (χ0v) is 59.1. The van der Waals surface area contributed by atoms with Crippen LogP contribution in [0.5, 0.6) is 23.0 Å². The van der Waals surface area contributed by atoms with E-state index in [9.17, 15) is 88.9 Å². The van der Waals surface area contributed by atoms with Gasteiger partial charge in [-0.25, -0.2) is 57.1 Å². The molecule has 0 aromatic heterocycles. The van der Waals surface area contributed by atoms with Crippen molar-refractivity contribution < 1.29 is 113 Å². The average molecular weight is 1500 g/mol. The first kappa shape index (κ1) is 86.3. The van der Waals surface area contributed by atoms with E-state index in [1.807, 2.05) is 0 Å². The first-order valence-electron chi connectivity index (χ1n) is 36.9. The maximum atomic E-state index is 15.1. The van der Waals surface area contributed by atoms with E-state index in [-0.39, 0.29) is 37.5 Å². The summed E-state index contributed by atoms with van der Waals surface area (Å²) in [5.41, 5.74) is -5.33. The molecule has 0 atom stereocenters. The van der Waals surface area contributed by atoms with Gasteiger partial charge in [-0.05, 0) is 117 Å². The molecule has 0 amide bonds. The van der Waals surface area contributed by atoms with Gasteiger partial charge < -0.3 is 24.4 Å². The van der Waals surface area contributed by atoms with E-state index in [0.717, 1.165) is 68.1 Å². The largest absolute Gasteiger partial charge is 0.508 e. The number of halogens is 19. The van der Waals surface area contributed by atoms with Crippen LogP contribution in [0.4, 0.5) is 83.4 Å². The molecule has 0 bridgehead atoms. The number of carbonyl (C=O) groups is 1. The minimum atomic E-state index is -4.26. The highest BCUT2D eigenvalue weighted by atomic mass is 19.3. The minimum Gasteiger partial charge on any atom is -0.508 e. The Labute approximate surface area is 593 Å². The van der Waals surface area contributed by atoms with E-state index in [1.54, 1.807) is 0 Å². The van der Waals surface area contributed by atoms with Crippen molar-refractivity contribution in [3.8, 4) is 23.0 Å². The van der Waals surface area contributed by atoms with Crippen molar-refractivity contribution >= 4 is 5.78 Å². The molecule has 0 aliphatic heterocycles. The predicted molar refractivity (Wildman–Crippen MR) is 353 cm³/mol. The Bertz CT molecular complexity index is 2980. The fraction of sp³-hybridized carbons (Fsp3) is 0.679. The third-order valence-electron chi connectivity index (χ3n) is 22.1. The Morgan fingerprint density at radius 1 is 0.379 bits per heavy atom. The summed E-state index contributed by atoms with van der Waals surface area (Å²) in [6, 6.07) is 2.99. The van der Waals surface area contributed by atoms with Gasteiger partial charge in [0.05, 0.1) is 0 Å². The van der Waals surface area contributed by atoms with Crippen LogP contribution in [0.25, 0.3) is 0 Å². The molecule has 10 rings (SSSR count). The van der Waals surface area contributed by atoms with Crippen molar-refractivity contribution in [3.63, 3.8) is 0 Å². The Hall–Kier alpha value is -5.62. The lowest BCUT2D eigenvalue weighted by Crippen LogP contribution is -2.53. The standard InChI is InChI=1S/C24H32F6O.C24H33F5O2.C17H30O.C7H3F5O.C6H3F3O/c1-2-3-16-4-6-17(7-5-16)8-9-18-10-12-23(28,13-11-18)24(29,30)31-19-14-20(25)22(27)21(26)15-19;1-2-3-16-4-6-17(7-5-16)8-9-18-10-12-23(30,13-11-18)24(28,29)31-19-14-20(25)22(27)21(26)15-19;1-2-3-14-4-6-15(7-5-14)8-9-16-10-12-17(18)13-11-16;8-4-1-3(13-7(11)12)2-5(9)6(4)10;7-4-1-3(10)2-5(8)6(4)9/h14-18H,2-13H2,1H3;14-18,30H,2-13H2,1H3;14-16H,2-13H2,1H3;1-2,7H;1-2,10H. The van der Waals surface area contributed by atoms with Gasteiger partial charge in [-0.1, -0.05) is 175 Å². The number of Topliss-reactive ketones (excluding diaryl/α,β-unsaturated/α-hetero) is 1. The number of aliphatic hydroxyl groups is 1. The van der Waals surface area contributed by atoms with Crippen molar-refractivity contribution in [2.24, 2.45) is 53.3 Å². The highest BCUT2D eigenvalue weighted by Gasteiger charge is 2.59. The number of ketones is 1. The highest BCUT2D eigenvalue weighted by molar-refractivity contribution is 5.79. The number of benzene rings is 4. The number of aromatic hydroxyl groups is 1. The molecule has 0 radical (unpaired) electrons. The molecule has 6 nitrogen and oxygen atoms in total. The number of alkyl halides is 7. The summed E-state index contributed by atoms with van der Waals surface area (Å²) >= 11 is 0. The zero-order chi connectivity index (χ0) is 75.8. The summed E-state index contributed by atoms with van der Waals surface area (Å²) in [7, 11) is 0. The van der Waals surface area contributed by atoms with E-state index in [1.165, 1.54) is 141 Å². The summed E-state index contributed by atoms with van der Waals surface area (Å²) in [5.74, 6) is -15.5. The van der Waals surface area contributed by atoms with Crippen molar-refractivity contribution in [2.45, 2.75) is 282 Å². The van der Waals surface area contributed by atoms with E-state index in [4.69, 9.17) is 5.11 Å². The molecule has 0 saturated heterocycles. The average Bonchev–Trinajstić information content (AvgIpc) is 0.806. The van der Waals surface area contributed by atoms with Gasteiger partial charge in [-0.2, -0.15) is 26.3 Å². The van der Waals surface area contributed by atoms with Crippen LogP contribution in [0.1, 0.15) is 252 Å². The van der Waals surface area contributed by atoms with Gasteiger partial charge in [-0.3, -0.25) is 4.79 Å². The molecule has 582 valence electrons. The fourth-order valence-electron chi connectivity index (χ4n) is 15.7. The molecule has 6 aliphatic carbocycles. The second-order valence-electron chi connectivity index (χ2n) is 29.6. The third kappa shape index (κ3) is 27.0. The molecule has 0 unspecified atom stereocenters. The molecule has 25 heteroatoms. The quantitative estimate of drug-likeness (QED) is 0.0569. The summed E-state index contributed by atoms with van der Waals surface area (Å²) in [5, 5.41) is 19.0. The minimum absolute atomic E-state index is 0.153. The number of hydrogen-bond donors (Lipinski definition) is 2. The van der Waals surface area contributed by atoms with Crippen LogP contribution >= 0.6 is 0 Å². The van der Waals surface area contributed by atoms with Crippen molar-refractivity contribution in [1.82, 2.24) is 0 Å². The van der Waals surface area contributed by atoms with Gasteiger partial charge >= 0.3 is 18.8 Å². The zero-order valence-electron chi connectivity index (χ0n) is 59.1. The lowest BCUT2D eigenvalue weighted by Gasteiger charge is -2.40. The second-order valence-corrected chi connectivity index (χ2v) is 29.6. The van der Waals surface area contributed by atoms with Gasteiger partial charge in [0, 0.05) is 61.4 Å². The molecule has 103 heavy (non-hydrogen) atoms. The predicted octanol–water partition coefficient (Wildman–Crippen LogP) is 25.4. The van der Waals surface area contributed by atoms with Gasteiger partial charge in [0.2, 0.25) is 5.67 Å². The van der Waals surface area contributed by atoms with Crippen LogP contribution in [0.3, 0.4) is 0 Å². The second kappa shape index (κ2) is 40.9. The maximum Gasteiger partial charge on any atom is 0.432 e. The number of phenolic OH excluding ortho intramolecular Hbond substituents is 1. The van der Waals surface area contributed by atoms with Crippen LogP contribution in [-0.2, 0) is 4.79 Å². The highest BCUT2D eigenvalue weighted by Crippen LogP contribution is 2.49.